The lowest BCUT2D eigenvalue weighted by molar-refractivity contribution is -0.157. The number of hydrogen-bond donors (Lipinski definition) is 1. The highest BCUT2D eigenvalue weighted by Crippen LogP contribution is 2.51. The number of nitrogen functional groups attached to an aromatic ring is 1. The van der Waals surface area contributed by atoms with Crippen molar-refractivity contribution >= 4 is 39.2 Å². The SMILES string of the molecule is CC1(C)O[C@@H]2[C@H](O1)[C@@H](c1ccc3ccccc3c1)C[C@H]2n1ccc2c(N)nc(Cl)nc21. The van der Waals surface area contributed by atoms with Crippen LogP contribution in [0.5, 0.6) is 0 Å². The third-order valence-electron chi connectivity index (χ3n) is 6.57. The molecule has 31 heavy (non-hydrogen) atoms. The molecule has 0 spiro atoms. The third kappa shape index (κ3) is 3.01. The van der Waals surface area contributed by atoms with E-state index < -0.39 is 5.79 Å². The van der Waals surface area contributed by atoms with E-state index in [9.17, 15) is 0 Å². The lowest BCUT2D eigenvalue weighted by atomic mass is 9.93. The number of fused-ring (bicyclic) bond motifs is 3. The summed E-state index contributed by atoms with van der Waals surface area (Å²) < 4.78 is 15.0. The Morgan fingerprint density at radius 2 is 1.81 bits per heavy atom. The van der Waals surface area contributed by atoms with Crippen LogP contribution in [-0.4, -0.2) is 32.5 Å². The average molecular weight is 435 g/mol. The van der Waals surface area contributed by atoms with Crippen molar-refractivity contribution in [1.82, 2.24) is 14.5 Å². The van der Waals surface area contributed by atoms with Crippen LogP contribution in [-0.2, 0) is 9.47 Å². The second kappa shape index (κ2) is 6.66. The minimum atomic E-state index is -0.641. The molecule has 0 bridgehead atoms. The van der Waals surface area contributed by atoms with Crippen LogP contribution in [0.2, 0.25) is 5.28 Å². The summed E-state index contributed by atoms with van der Waals surface area (Å²) in [6.45, 7) is 3.95. The van der Waals surface area contributed by atoms with Crippen molar-refractivity contribution in [2.45, 2.75) is 50.2 Å². The molecule has 0 radical (unpaired) electrons. The summed E-state index contributed by atoms with van der Waals surface area (Å²) in [4.78, 5) is 8.56. The van der Waals surface area contributed by atoms with Crippen molar-refractivity contribution in [3.63, 3.8) is 0 Å². The molecule has 1 aliphatic carbocycles. The summed E-state index contributed by atoms with van der Waals surface area (Å²) >= 11 is 6.12. The fraction of sp³-hybridized carbons (Fsp3) is 0.333. The molecule has 6 rings (SSSR count). The Labute approximate surface area is 184 Å². The summed E-state index contributed by atoms with van der Waals surface area (Å²) in [6, 6.07) is 17.1. The van der Waals surface area contributed by atoms with Gasteiger partial charge in [0.1, 0.15) is 17.6 Å². The standard InChI is InChI=1S/C24H23ClN4O2/c1-24(2)30-19-17(15-8-7-13-5-3-4-6-14(13)11-15)12-18(20(19)31-24)29-10-9-16-21(26)27-23(25)28-22(16)29/h3-11,17-20H,12H2,1-2H3,(H2,26,27,28)/t17-,18-,19-,20+/m1/s1. The van der Waals surface area contributed by atoms with E-state index in [1.54, 1.807) is 0 Å². The molecule has 158 valence electrons. The fourth-order valence-corrected chi connectivity index (χ4v) is 5.46. The Hall–Kier alpha value is -2.67. The van der Waals surface area contributed by atoms with Crippen LogP contribution in [0.1, 0.15) is 37.8 Å². The number of nitrogens with two attached hydrogens (primary N) is 1. The Morgan fingerprint density at radius 1 is 1.03 bits per heavy atom. The van der Waals surface area contributed by atoms with Gasteiger partial charge in [0.25, 0.3) is 0 Å². The van der Waals surface area contributed by atoms with Gasteiger partial charge in [0.05, 0.1) is 17.5 Å². The van der Waals surface area contributed by atoms with Crippen LogP contribution in [0.3, 0.4) is 0 Å². The second-order valence-electron chi connectivity index (χ2n) is 8.92. The molecule has 2 aromatic heterocycles. The maximum Gasteiger partial charge on any atom is 0.226 e. The number of nitrogens with zero attached hydrogens (tertiary/aromatic N) is 3. The van der Waals surface area contributed by atoms with Crippen LogP contribution in [0.15, 0.2) is 54.7 Å². The molecule has 2 aliphatic rings. The molecular weight excluding hydrogens is 412 g/mol. The van der Waals surface area contributed by atoms with Crippen molar-refractivity contribution in [2.24, 2.45) is 0 Å². The fourth-order valence-electron chi connectivity index (χ4n) is 5.29. The van der Waals surface area contributed by atoms with Crippen molar-refractivity contribution < 1.29 is 9.47 Å². The van der Waals surface area contributed by atoms with E-state index in [0.717, 1.165) is 17.5 Å². The van der Waals surface area contributed by atoms with Gasteiger partial charge in [-0.2, -0.15) is 4.98 Å². The van der Waals surface area contributed by atoms with Gasteiger partial charge in [-0.3, -0.25) is 0 Å². The van der Waals surface area contributed by atoms with Gasteiger partial charge in [-0.1, -0.05) is 42.5 Å². The number of hydrogen-bond acceptors (Lipinski definition) is 5. The largest absolute Gasteiger partial charge is 0.383 e. The highest BCUT2D eigenvalue weighted by Gasteiger charge is 2.55. The molecule has 0 unspecified atom stereocenters. The Balaban J connectivity index is 1.45. The molecule has 1 saturated carbocycles. The van der Waals surface area contributed by atoms with Gasteiger partial charge >= 0.3 is 0 Å². The maximum absolute atomic E-state index is 6.42. The molecule has 4 atom stereocenters. The first-order valence-electron chi connectivity index (χ1n) is 10.5. The van der Waals surface area contributed by atoms with E-state index in [1.807, 2.05) is 26.1 Å². The molecule has 0 amide bonds. The minimum Gasteiger partial charge on any atom is -0.383 e. The number of aromatic nitrogens is 3. The Morgan fingerprint density at radius 3 is 2.65 bits per heavy atom. The van der Waals surface area contributed by atoms with Crippen LogP contribution in [0.4, 0.5) is 5.82 Å². The first-order chi connectivity index (χ1) is 14.9. The molecule has 4 aromatic rings. The third-order valence-corrected chi connectivity index (χ3v) is 6.74. The number of halogens is 1. The first-order valence-corrected chi connectivity index (χ1v) is 10.9. The zero-order valence-electron chi connectivity index (χ0n) is 17.3. The molecule has 7 heteroatoms. The zero-order valence-corrected chi connectivity index (χ0v) is 18.1. The number of anilines is 1. The normalized spacial score (nSPS) is 27.2. The van der Waals surface area contributed by atoms with E-state index in [4.69, 9.17) is 26.8 Å². The highest BCUT2D eigenvalue weighted by molar-refractivity contribution is 6.28. The molecule has 2 N–H and O–H groups in total. The van der Waals surface area contributed by atoms with Gasteiger partial charge in [-0.05, 0) is 54.3 Å². The Kier molecular flexibility index (Phi) is 4.09. The van der Waals surface area contributed by atoms with Crippen LogP contribution < -0.4 is 5.73 Å². The van der Waals surface area contributed by atoms with Gasteiger partial charge in [-0.25, -0.2) is 4.98 Å². The summed E-state index contributed by atoms with van der Waals surface area (Å²) in [5.74, 6) is -0.0515. The smallest absolute Gasteiger partial charge is 0.226 e. The van der Waals surface area contributed by atoms with Gasteiger partial charge < -0.3 is 19.8 Å². The van der Waals surface area contributed by atoms with E-state index >= 15 is 0 Å². The van der Waals surface area contributed by atoms with Gasteiger partial charge in [0.15, 0.2) is 5.79 Å². The minimum absolute atomic E-state index is 0.0473. The predicted octanol–water partition coefficient (Wildman–Crippen LogP) is 5.07. The molecule has 3 heterocycles. The lowest BCUT2D eigenvalue weighted by Crippen LogP contribution is -2.27. The second-order valence-corrected chi connectivity index (χ2v) is 9.26. The van der Waals surface area contributed by atoms with Gasteiger partial charge in [0, 0.05) is 12.1 Å². The number of rotatable bonds is 2. The first kappa shape index (κ1) is 19.0. The molecular formula is C24H23ClN4O2. The molecule has 1 aliphatic heterocycles. The Bertz CT molecular complexity index is 1320. The van der Waals surface area contributed by atoms with Gasteiger partial charge in [0.2, 0.25) is 5.28 Å². The molecule has 2 fully saturated rings. The lowest BCUT2D eigenvalue weighted by Gasteiger charge is -2.25. The molecule has 2 aromatic carbocycles. The summed E-state index contributed by atoms with van der Waals surface area (Å²) in [7, 11) is 0. The average Bonchev–Trinajstić information content (AvgIpc) is 3.38. The number of benzene rings is 2. The summed E-state index contributed by atoms with van der Waals surface area (Å²) in [5, 5.41) is 3.42. The van der Waals surface area contributed by atoms with E-state index in [-0.39, 0.29) is 29.5 Å². The molecule has 6 nitrogen and oxygen atoms in total. The predicted molar refractivity (Wildman–Crippen MR) is 121 cm³/mol. The zero-order chi connectivity index (χ0) is 21.3. The van der Waals surface area contributed by atoms with Crippen molar-refractivity contribution in [1.29, 1.82) is 0 Å². The monoisotopic (exact) mass is 434 g/mol. The van der Waals surface area contributed by atoms with Gasteiger partial charge in [-0.15, -0.1) is 0 Å². The van der Waals surface area contributed by atoms with E-state index in [1.165, 1.54) is 16.3 Å². The summed E-state index contributed by atoms with van der Waals surface area (Å²) in [5.41, 5.74) is 8.08. The molecule has 1 saturated heterocycles. The van der Waals surface area contributed by atoms with Crippen molar-refractivity contribution in [3.05, 3.63) is 65.6 Å². The summed E-state index contributed by atoms with van der Waals surface area (Å²) in [6.07, 6.45) is 2.73. The quantitative estimate of drug-likeness (QED) is 0.446. The van der Waals surface area contributed by atoms with Crippen LogP contribution in [0.25, 0.3) is 21.8 Å². The van der Waals surface area contributed by atoms with Crippen LogP contribution >= 0.6 is 11.6 Å². The maximum atomic E-state index is 6.42. The van der Waals surface area contributed by atoms with Crippen molar-refractivity contribution in [3.8, 4) is 0 Å². The van der Waals surface area contributed by atoms with E-state index in [0.29, 0.717) is 5.82 Å². The van der Waals surface area contributed by atoms with E-state index in [2.05, 4.69) is 57.0 Å². The number of ether oxygens (including phenoxy) is 2. The van der Waals surface area contributed by atoms with Crippen molar-refractivity contribution in [2.75, 3.05) is 5.73 Å². The topological polar surface area (TPSA) is 75.2 Å². The highest BCUT2D eigenvalue weighted by atomic mass is 35.5. The van der Waals surface area contributed by atoms with Crippen LogP contribution in [0, 0.1) is 0 Å².